The number of amides is 1. The number of hydrogen-bond acceptors (Lipinski definition) is 4. The van der Waals surface area contributed by atoms with E-state index < -0.39 is 6.10 Å². The average Bonchev–Trinajstić information content (AvgIpc) is 2.43. The third-order valence-corrected chi connectivity index (χ3v) is 3.74. The summed E-state index contributed by atoms with van der Waals surface area (Å²) in [6, 6.07) is 5.75. The Bertz CT molecular complexity index is 476. The van der Waals surface area contributed by atoms with Gasteiger partial charge in [-0.15, -0.1) is 0 Å². The molecule has 1 aromatic rings. The molecule has 5 nitrogen and oxygen atoms in total. The van der Waals surface area contributed by atoms with Crippen molar-refractivity contribution in [2.24, 2.45) is 5.73 Å². The number of nitrogens with two attached hydrogens (primary N) is 1. The van der Waals surface area contributed by atoms with Crippen LogP contribution in [0.1, 0.15) is 23.6 Å². The summed E-state index contributed by atoms with van der Waals surface area (Å²) in [5, 5.41) is 13.0. The van der Waals surface area contributed by atoms with Gasteiger partial charge < -0.3 is 21.1 Å². The molecule has 2 atom stereocenters. The predicted octanol–water partition coefficient (Wildman–Crippen LogP) is 0.176. The molecule has 1 amide bonds. The number of anilines is 1. The van der Waals surface area contributed by atoms with Crippen molar-refractivity contribution in [1.82, 2.24) is 5.32 Å². The van der Waals surface area contributed by atoms with Gasteiger partial charge >= 0.3 is 0 Å². The minimum absolute atomic E-state index is 0.146. The lowest BCUT2D eigenvalue weighted by Gasteiger charge is -2.28. The van der Waals surface area contributed by atoms with Crippen molar-refractivity contribution in [1.29, 1.82) is 0 Å². The van der Waals surface area contributed by atoms with Gasteiger partial charge in [-0.1, -0.05) is 12.1 Å². The number of benzene rings is 1. The summed E-state index contributed by atoms with van der Waals surface area (Å²) in [6.45, 7) is 0.209. The number of carbonyl (C=O) groups is 1. The first-order valence-corrected chi connectivity index (χ1v) is 6.53. The lowest BCUT2D eigenvalue weighted by Crippen LogP contribution is -2.35. The number of aryl methyl sites for hydroxylation is 1. The number of fused-ring (bicyclic) bond motifs is 1. The first kappa shape index (κ1) is 14.0. The molecule has 0 aliphatic carbocycles. The fraction of sp³-hybridized carbons (Fsp3) is 0.500. The molecule has 1 aliphatic rings. The third-order valence-electron chi connectivity index (χ3n) is 3.74. The molecule has 0 radical (unpaired) electrons. The molecule has 0 bridgehead atoms. The molecule has 5 heteroatoms. The highest BCUT2D eigenvalue weighted by atomic mass is 16.3. The zero-order valence-corrected chi connectivity index (χ0v) is 11.4. The van der Waals surface area contributed by atoms with Gasteiger partial charge in [0.25, 0.3) is 0 Å². The molecule has 0 aromatic heterocycles. The number of rotatable bonds is 4. The molecule has 0 saturated carbocycles. The SMILES string of the molecule is CNC(c1ccc2c(c1)CCC(=O)N2C)C(O)CN. The lowest BCUT2D eigenvalue weighted by atomic mass is 9.94. The Morgan fingerprint density at radius 2 is 2.21 bits per heavy atom. The van der Waals surface area contributed by atoms with E-state index in [1.54, 1.807) is 19.0 Å². The highest BCUT2D eigenvalue weighted by Gasteiger charge is 2.24. The van der Waals surface area contributed by atoms with Gasteiger partial charge in [0.15, 0.2) is 0 Å². The van der Waals surface area contributed by atoms with Crippen LogP contribution in [0.5, 0.6) is 0 Å². The van der Waals surface area contributed by atoms with Gasteiger partial charge in [0.1, 0.15) is 0 Å². The number of carbonyl (C=O) groups excluding carboxylic acids is 1. The van der Waals surface area contributed by atoms with E-state index in [4.69, 9.17) is 5.73 Å². The van der Waals surface area contributed by atoms with Gasteiger partial charge in [-0.3, -0.25) is 4.79 Å². The molecule has 2 unspecified atom stereocenters. The van der Waals surface area contributed by atoms with Gasteiger partial charge in [-0.05, 0) is 30.7 Å². The van der Waals surface area contributed by atoms with Crippen LogP contribution in [0.15, 0.2) is 18.2 Å². The molecule has 1 aromatic carbocycles. The van der Waals surface area contributed by atoms with Crippen molar-refractivity contribution in [2.45, 2.75) is 25.0 Å². The summed E-state index contributed by atoms with van der Waals surface area (Å²) in [4.78, 5) is 13.3. The molecule has 2 rings (SSSR count). The molecule has 1 heterocycles. The van der Waals surface area contributed by atoms with Crippen LogP contribution in [0, 0.1) is 0 Å². The summed E-state index contributed by atoms with van der Waals surface area (Å²) in [6.07, 6.45) is 0.670. The van der Waals surface area contributed by atoms with E-state index in [9.17, 15) is 9.90 Å². The van der Waals surface area contributed by atoms with Crippen molar-refractivity contribution in [2.75, 3.05) is 25.5 Å². The summed E-state index contributed by atoms with van der Waals surface area (Å²) in [5.41, 5.74) is 8.62. The molecular formula is C14H21N3O2. The Hall–Kier alpha value is -1.43. The van der Waals surface area contributed by atoms with Crippen molar-refractivity contribution in [3.63, 3.8) is 0 Å². The van der Waals surface area contributed by atoms with Gasteiger partial charge in [-0.25, -0.2) is 0 Å². The first-order chi connectivity index (χ1) is 9.08. The van der Waals surface area contributed by atoms with Crippen LogP contribution in [-0.2, 0) is 11.2 Å². The largest absolute Gasteiger partial charge is 0.390 e. The maximum Gasteiger partial charge on any atom is 0.227 e. The van der Waals surface area contributed by atoms with E-state index in [0.717, 1.165) is 23.2 Å². The van der Waals surface area contributed by atoms with Crippen LogP contribution >= 0.6 is 0 Å². The molecule has 104 valence electrons. The lowest BCUT2D eigenvalue weighted by molar-refractivity contribution is -0.118. The predicted molar refractivity (Wildman–Crippen MR) is 75.0 cm³/mol. The van der Waals surface area contributed by atoms with Gasteiger partial charge in [0.2, 0.25) is 5.91 Å². The normalized spacial score (nSPS) is 18.1. The topological polar surface area (TPSA) is 78.6 Å². The molecule has 1 aliphatic heterocycles. The maximum absolute atomic E-state index is 11.6. The summed E-state index contributed by atoms with van der Waals surface area (Å²) < 4.78 is 0. The average molecular weight is 263 g/mol. The molecule has 0 spiro atoms. The van der Waals surface area contributed by atoms with Gasteiger partial charge in [0.05, 0.1) is 12.1 Å². The molecule has 0 fully saturated rings. The van der Waals surface area contributed by atoms with Gasteiger partial charge in [0, 0.05) is 25.7 Å². The van der Waals surface area contributed by atoms with Crippen LogP contribution in [0.4, 0.5) is 5.69 Å². The van der Waals surface area contributed by atoms with Crippen LogP contribution in [0.25, 0.3) is 0 Å². The van der Waals surface area contributed by atoms with Crippen LogP contribution in [0.3, 0.4) is 0 Å². The Labute approximate surface area is 113 Å². The summed E-state index contributed by atoms with van der Waals surface area (Å²) in [7, 11) is 3.60. The van der Waals surface area contributed by atoms with E-state index in [2.05, 4.69) is 11.4 Å². The molecule has 0 saturated heterocycles. The van der Waals surface area contributed by atoms with Crippen LogP contribution < -0.4 is 16.0 Å². The smallest absolute Gasteiger partial charge is 0.227 e. The number of aliphatic hydroxyl groups excluding tert-OH is 1. The Morgan fingerprint density at radius 1 is 1.47 bits per heavy atom. The van der Waals surface area contributed by atoms with Crippen molar-refractivity contribution >= 4 is 11.6 Å². The number of hydrogen-bond donors (Lipinski definition) is 3. The Balaban J connectivity index is 2.33. The number of nitrogens with zero attached hydrogens (tertiary/aromatic N) is 1. The number of likely N-dealkylation sites (N-methyl/N-ethyl adjacent to an activating group) is 1. The fourth-order valence-corrected chi connectivity index (χ4v) is 2.59. The summed E-state index contributed by atoms with van der Waals surface area (Å²) >= 11 is 0. The summed E-state index contributed by atoms with van der Waals surface area (Å²) in [5.74, 6) is 0.146. The van der Waals surface area contributed by atoms with E-state index in [0.29, 0.717) is 6.42 Å². The van der Waals surface area contributed by atoms with Crippen molar-refractivity contribution in [3.05, 3.63) is 29.3 Å². The standard InChI is InChI=1S/C14H21N3O2/c1-16-14(12(18)8-15)10-3-5-11-9(7-10)4-6-13(19)17(11)2/h3,5,7,12,14,16,18H,4,6,8,15H2,1-2H3. The number of aliphatic hydroxyl groups is 1. The quantitative estimate of drug-likeness (QED) is 0.724. The fourth-order valence-electron chi connectivity index (χ4n) is 2.59. The second-order valence-corrected chi connectivity index (χ2v) is 4.91. The second kappa shape index (κ2) is 5.69. The molecule has 19 heavy (non-hydrogen) atoms. The minimum atomic E-state index is -0.619. The van der Waals surface area contributed by atoms with E-state index in [1.165, 1.54) is 0 Å². The number of nitrogens with one attached hydrogen (secondary N) is 1. The molecule has 4 N–H and O–H groups in total. The zero-order chi connectivity index (χ0) is 14.0. The monoisotopic (exact) mass is 263 g/mol. The zero-order valence-electron chi connectivity index (χ0n) is 11.4. The van der Waals surface area contributed by atoms with Crippen molar-refractivity contribution in [3.8, 4) is 0 Å². The maximum atomic E-state index is 11.6. The van der Waals surface area contributed by atoms with Gasteiger partial charge in [-0.2, -0.15) is 0 Å². The highest BCUT2D eigenvalue weighted by molar-refractivity contribution is 5.95. The Morgan fingerprint density at radius 3 is 2.84 bits per heavy atom. The van der Waals surface area contributed by atoms with Crippen molar-refractivity contribution < 1.29 is 9.90 Å². The minimum Gasteiger partial charge on any atom is -0.390 e. The van der Waals surface area contributed by atoms with Crippen LogP contribution in [-0.4, -0.2) is 37.8 Å². The highest BCUT2D eigenvalue weighted by Crippen LogP contribution is 2.30. The second-order valence-electron chi connectivity index (χ2n) is 4.91. The third kappa shape index (κ3) is 2.63. The van der Waals surface area contributed by atoms with E-state index >= 15 is 0 Å². The Kier molecular flexibility index (Phi) is 4.19. The van der Waals surface area contributed by atoms with E-state index in [-0.39, 0.29) is 18.5 Å². The first-order valence-electron chi connectivity index (χ1n) is 6.53. The molecular weight excluding hydrogens is 242 g/mol. The van der Waals surface area contributed by atoms with E-state index in [1.807, 2.05) is 12.1 Å². The van der Waals surface area contributed by atoms with Crippen LogP contribution in [0.2, 0.25) is 0 Å².